The van der Waals surface area contributed by atoms with Crippen molar-refractivity contribution in [3.05, 3.63) is 77.4 Å². The van der Waals surface area contributed by atoms with Crippen molar-refractivity contribution in [2.45, 2.75) is 0 Å². The van der Waals surface area contributed by atoms with Gasteiger partial charge in [-0.15, -0.1) is 6.58 Å². The maximum atomic E-state index is 13.9. The predicted octanol–water partition coefficient (Wildman–Crippen LogP) is 3.00. The van der Waals surface area contributed by atoms with E-state index in [2.05, 4.69) is 17.2 Å². The lowest BCUT2D eigenvalue weighted by Crippen LogP contribution is -2.25. The van der Waals surface area contributed by atoms with E-state index in [9.17, 15) is 18.4 Å². The molecule has 0 saturated heterocycles. The van der Waals surface area contributed by atoms with Gasteiger partial charge in [-0.25, -0.2) is 8.78 Å². The number of hydrogen-bond acceptors (Lipinski definition) is 3. The molecule has 0 fully saturated rings. The molecule has 0 atom stereocenters. The fraction of sp³-hybridized carbons (Fsp3) is 0.0556. The lowest BCUT2D eigenvalue weighted by Gasteiger charge is -2.11. The molecular weight excluding hydrogens is 328 g/mol. The zero-order chi connectivity index (χ0) is 18.4. The second-order valence-electron chi connectivity index (χ2n) is 4.93. The van der Waals surface area contributed by atoms with Crippen molar-refractivity contribution in [1.29, 1.82) is 5.26 Å². The number of para-hydroxylation sites is 1. The fourth-order valence-electron chi connectivity index (χ4n) is 2.09. The zero-order valence-corrected chi connectivity index (χ0v) is 13.0. The van der Waals surface area contributed by atoms with Crippen molar-refractivity contribution in [3.63, 3.8) is 0 Å². The molecule has 2 aromatic rings. The number of nitrogens with one attached hydrogen (secondary N) is 2. The van der Waals surface area contributed by atoms with Crippen LogP contribution in [0.5, 0.6) is 0 Å². The number of rotatable bonds is 5. The third-order valence-corrected chi connectivity index (χ3v) is 3.23. The highest BCUT2D eigenvalue weighted by molar-refractivity contribution is 6.09. The molecule has 2 aromatic carbocycles. The normalized spacial score (nSPS) is 9.80. The molecule has 2 N–H and O–H groups in total. The molecule has 2 amide bonds. The molecule has 25 heavy (non-hydrogen) atoms. The molecule has 126 valence electrons. The van der Waals surface area contributed by atoms with E-state index in [1.165, 1.54) is 18.2 Å². The summed E-state index contributed by atoms with van der Waals surface area (Å²) in [5, 5.41) is 13.5. The van der Waals surface area contributed by atoms with Crippen LogP contribution < -0.4 is 10.6 Å². The van der Waals surface area contributed by atoms with Crippen LogP contribution in [0.3, 0.4) is 0 Å². The average Bonchev–Trinajstić information content (AvgIpc) is 2.59. The Hall–Kier alpha value is -3.53. The van der Waals surface area contributed by atoms with Gasteiger partial charge in [-0.3, -0.25) is 9.59 Å². The molecule has 0 saturated carbocycles. The largest absolute Gasteiger partial charge is 0.349 e. The first kappa shape index (κ1) is 17.8. The van der Waals surface area contributed by atoms with Crippen LogP contribution in [0.4, 0.5) is 14.5 Å². The Morgan fingerprint density at radius 1 is 1.16 bits per heavy atom. The Morgan fingerprint density at radius 3 is 2.40 bits per heavy atom. The van der Waals surface area contributed by atoms with Gasteiger partial charge in [0.2, 0.25) is 0 Å². The van der Waals surface area contributed by atoms with Crippen LogP contribution in [0, 0.1) is 23.0 Å². The Balaban J connectivity index is 2.32. The molecule has 0 aliphatic heterocycles. The summed E-state index contributed by atoms with van der Waals surface area (Å²) in [4.78, 5) is 24.3. The molecule has 0 heterocycles. The van der Waals surface area contributed by atoms with Crippen LogP contribution >= 0.6 is 0 Å². The lowest BCUT2D eigenvalue weighted by molar-refractivity contribution is 0.0959. The van der Waals surface area contributed by atoms with Gasteiger partial charge in [0.15, 0.2) is 0 Å². The summed E-state index contributed by atoms with van der Waals surface area (Å²) in [6.45, 7) is 3.70. The van der Waals surface area contributed by atoms with Gasteiger partial charge < -0.3 is 10.6 Å². The van der Waals surface area contributed by atoms with Gasteiger partial charge in [0, 0.05) is 6.54 Å². The zero-order valence-electron chi connectivity index (χ0n) is 13.0. The monoisotopic (exact) mass is 341 g/mol. The first-order valence-electron chi connectivity index (χ1n) is 7.16. The number of hydrogen-bond donors (Lipinski definition) is 2. The number of amides is 2. The van der Waals surface area contributed by atoms with Crippen LogP contribution in [0.15, 0.2) is 49.1 Å². The molecule has 0 unspecified atom stereocenters. The van der Waals surface area contributed by atoms with Crippen molar-refractivity contribution < 1.29 is 18.4 Å². The van der Waals surface area contributed by atoms with E-state index in [0.29, 0.717) is 0 Å². The maximum Gasteiger partial charge on any atom is 0.261 e. The van der Waals surface area contributed by atoms with Crippen molar-refractivity contribution in [2.75, 3.05) is 11.9 Å². The van der Waals surface area contributed by atoms with Gasteiger partial charge in [-0.05, 0) is 24.3 Å². The third kappa shape index (κ3) is 4.06. The van der Waals surface area contributed by atoms with Gasteiger partial charge in [0.05, 0.1) is 22.9 Å². The van der Waals surface area contributed by atoms with Crippen molar-refractivity contribution >= 4 is 17.5 Å². The highest BCUT2D eigenvalue weighted by Crippen LogP contribution is 2.20. The smallest absolute Gasteiger partial charge is 0.261 e. The second-order valence-corrected chi connectivity index (χ2v) is 4.93. The van der Waals surface area contributed by atoms with Crippen LogP contribution in [-0.2, 0) is 0 Å². The number of carbonyl (C=O) groups excluding carboxylic acids is 2. The van der Waals surface area contributed by atoms with Crippen molar-refractivity contribution in [3.8, 4) is 6.07 Å². The van der Waals surface area contributed by atoms with Gasteiger partial charge >= 0.3 is 0 Å². The van der Waals surface area contributed by atoms with Gasteiger partial charge in [0.1, 0.15) is 17.2 Å². The van der Waals surface area contributed by atoms with E-state index in [1.807, 2.05) is 0 Å². The Labute approximate surface area is 142 Å². The summed E-state index contributed by atoms with van der Waals surface area (Å²) in [6, 6.07) is 9.16. The molecule has 0 aliphatic carbocycles. The Bertz CT molecular complexity index is 865. The van der Waals surface area contributed by atoms with Crippen LogP contribution in [0.1, 0.15) is 26.3 Å². The van der Waals surface area contributed by atoms with Crippen LogP contribution in [0.25, 0.3) is 0 Å². The second kappa shape index (κ2) is 7.84. The number of nitrogens with zero attached hydrogens (tertiary/aromatic N) is 1. The molecule has 0 bridgehead atoms. The Kier molecular flexibility index (Phi) is 5.58. The first-order chi connectivity index (χ1) is 12.0. The number of benzene rings is 2. The molecule has 5 nitrogen and oxygen atoms in total. The topological polar surface area (TPSA) is 82.0 Å². The maximum absolute atomic E-state index is 13.9. The predicted molar refractivity (Wildman–Crippen MR) is 88.0 cm³/mol. The van der Waals surface area contributed by atoms with E-state index >= 15 is 0 Å². The summed E-state index contributed by atoms with van der Waals surface area (Å²) < 4.78 is 27.9. The molecule has 0 spiro atoms. The number of nitriles is 1. The third-order valence-electron chi connectivity index (χ3n) is 3.23. The molecule has 0 aromatic heterocycles. The standard InChI is InChI=1S/C18H13F2N3O2/c1-2-7-22-17(24)12-5-3-4-6-15(12)23-18(25)16-13(19)8-11(10-21)9-14(16)20/h2-6,8-9H,1,7H2,(H,22,24)(H,23,25). The fourth-order valence-corrected chi connectivity index (χ4v) is 2.09. The number of anilines is 1. The Morgan fingerprint density at radius 2 is 1.80 bits per heavy atom. The van der Waals surface area contributed by atoms with E-state index in [0.717, 1.165) is 12.1 Å². The summed E-state index contributed by atoms with van der Waals surface area (Å²) in [5.41, 5.74) is -0.847. The SMILES string of the molecule is C=CCNC(=O)c1ccccc1NC(=O)c1c(F)cc(C#N)cc1F. The number of carbonyl (C=O) groups is 2. The summed E-state index contributed by atoms with van der Waals surface area (Å²) in [6.07, 6.45) is 1.49. The van der Waals surface area contributed by atoms with Gasteiger partial charge in [-0.1, -0.05) is 18.2 Å². The lowest BCUT2D eigenvalue weighted by atomic mass is 10.1. The van der Waals surface area contributed by atoms with E-state index in [4.69, 9.17) is 5.26 Å². The average molecular weight is 341 g/mol. The first-order valence-corrected chi connectivity index (χ1v) is 7.16. The summed E-state index contributed by atoms with van der Waals surface area (Å²) >= 11 is 0. The summed E-state index contributed by atoms with van der Waals surface area (Å²) in [7, 11) is 0. The van der Waals surface area contributed by atoms with E-state index < -0.39 is 29.0 Å². The highest BCUT2D eigenvalue weighted by atomic mass is 19.1. The number of halogens is 2. The van der Waals surface area contributed by atoms with Gasteiger partial charge in [-0.2, -0.15) is 5.26 Å². The van der Waals surface area contributed by atoms with Crippen LogP contribution in [0.2, 0.25) is 0 Å². The van der Waals surface area contributed by atoms with Crippen LogP contribution in [-0.4, -0.2) is 18.4 Å². The van der Waals surface area contributed by atoms with Crippen molar-refractivity contribution in [2.24, 2.45) is 0 Å². The molecule has 7 heteroatoms. The molecule has 0 aliphatic rings. The summed E-state index contributed by atoms with van der Waals surface area (Å²) in [5.74, 6) is -3.87. The van der Waals surface area contributed by atoms with E-state index in [-0.39, 0.29) is 23.4 Å². The van der Waals surface area contributed by atoms with Gasteiger partial charge in [0.25, 0.3) is 11.8 Å². The molecule has 2 rings (SSSR count). The quantitative estimate of drug-likeness (QED) is 0.820. The minimum absolute atomic E-state index is 0.0946. The minimum atomic E-state index is -1.16. The highest BCUT2D eigenvalue weighted by Gasteiger charge is 2.21. The minimum Gasteiger partial charge on any atom is -0.349 e. The van der Waals surface area contributed by atoms with E-state index in [1.54, 1.807) is 18.2 Å². The molecular formula is C18H13F2N3O2. The molecule has 0 radical (unpaired) electrons. The van der Waals surface area contributed by atoms with Crippen molar-refractivity contribution in [1.82, 2.24) is 5.32 Å².